The first-order valence-electron chi connectivity index (χ1n) is 9.21. The molecule has 0 unspecified atom stereocenters. The van der Waals surface area contributed by atoms with Crippen molar-refractivity contribution in [3.05, 3.63) is 75.8 Å². The third-order valence-electron chi connectivity index (χ3n) is 4.52. The van der Waals surface area contributed by atoms with Crippen LogP contribution in [0.3, 0.4) is 0 Å². The van der Waals surface area contributed by atoms with E-state index in [0.29, 0.717) is 27.0 Å². The van der Waals surface area contributed by atoms with Crippen molar-refractivity contribution in [2.24, 2.45) is 0 Å². The fourth-order valence-corrected chi connectivity index (χ4v) is 3.38. The van der Waals surface area contributed by atoms with Crippen LogP contribution in [0.5, 0.6) is 5.75 Å². The molecule has 1 N–H and O–H groups in total. The molecule has 4 aromatic rings. The lowest BCUT2D eigenvalue weighted by Gasteiger charge is -2.10. The number of fused-ring (bicyclic) bond motifs is 1. The van der Waals surface area contributed by atoms with E-state index in [0.717, 1.165) is 16.8 Å². The lowest BCUT2D eigenvalue weighted by Crippen LogP contribution is -2.20. The zero-order valence-corrected chi connectivity index (χ0v) is 17.8. The van der Waals surface area contributed by atoms with Gasteiger partial charge in [0.05, 0.1) is 10.7 Å². The first-order valence-corrected chi connectivity index (χ1v) is 9.97. The van der Waals surface area contributed by atoms with Gasteiger partial charge in [0.15, 0.2) is 6.61 Å². The maximum absolute atomic E-state index is 12.4. The Kier molecular flexibility index (Phi) is 5.61. The highest BCUT2D eigenvalue weighted by molar-refractivity contribution is 6.35. The maximum atomic E-state index is 12.4. The number of carbonyl (C=O) groups excluding carboxylic acids is 1. The maximum Gasteiger partial charge on any atom is 0.262 e. The Balaban J connectivity index is 1.50. The summed E-state index contributed by atoms with van der Waals surface area (Å²) in [5.41, 5.74) is 4.98. The van der Waals surface area contributed by atoms with Crippen LogP contribution in [0.4, 0.5) is 5.69 Å². The molecule has 0 spiro atoms. The van der Waals surface area contributed by atoms with Gasteiger partial charge in [-0.1, -0.05) is 40.9 Å². The highest BCUT2D eigenvalue weighted by atomic mass is 35.5. The van der Waals surface area contributed by atoms with Gasteiger partial charge in [-0.15, -0.1) is 10.2 Å². The second-order valence-corrected chi connectivity index (χ2v) is 7.74. The number of anilines is 1. The van der Waals surface area contributed by atoms with Gasteiger partial charge in [0.1, 0.15) is 16.8 Å². The number of aromatic nitrogens is 3. The third kappa shape index (κ3) is 4.40. The fourth-order valence-electron chi connectivity index (χ4n) is 2.92. The molecule has 0 aliphatic carbocycles. The number of hydrogen-bond donors (Lipinski definition) is 1. The van der Waals surface area contributed by atoms with Crippen molar-refractivity contribution < 1.29 is 9.53 Å². The van der Waals surface area contributed by atoms with E-state index in [1.807, 2.05) is 44.2 Å². The molecule has 1 heterocycles. The van der Waals surface area contributed by atoms with Crippen molar-refractivity contribution in [3.8, 4) is 11.4 Å². The average molecular weight is 441 g/mol. The fraction of sp³-hybridized carbons (Fsp3) is 0.136. The number of carbonyl (C=O) groups is 1. The second-order valence-electron chi connectivity index (χ2n) is 6.89. The summed E-state index contributed by atoms with van der Waals surface area (Å²) in [6.45, 7) is 3.74. The van der Waals surface area contributed by atoms with Crippen molar-refractivity contribution in [1.29, 1.82) is 0 Å². The summed E-state index contributed by atoms with van der Waals surface area (Å²) < 4.78 is 5.49. The molecule has 0 atom stereocenters. The first kappa shape index (κ1) is 20.2. The summed E-state index contributed by atoms with van der Waals surface area (Å²) in [5.74, 6) is 0.0822. The van der Waals surface area contributed by atoms with Gasteiger partial charge >= 0.3 is 0 Å². The molecule has 0 bridgehead atoms. The van der Waals surface area contributed by atoms with Crippen molar-refractivity contribution >= 4 is 45.8 Å². The SMILES string of the molecule is Cc1ccc(-n2nc3cc(C)c(NC(=O)COc4ccc(Cl)cc4Cl)cc3n2)cc1. The normalized spacial score (nSPS) is 10.9. The topological polar surface area (TPSA) is 69.0 Å². The van der Waals surface area contributed by atoms with Gasteiger partial charge in [0.25, 0.3) is 5.91 Å². The van der Waals surface area contributed by atoms with Crippen LogP contribution in [0.1, 0.15) is 11.1 Å². The number of benzene rings is 3. The zero-order chi connectivity index (χ0) is 21.3. The third-order valence-corrected chi connectivity index (χ3v) is 5.05. The molecule has 6 nitrogen and oxygen atoms in total. The molecule has 0 aliphatic heterocycles. The molecule has 0 saturated carbocycles. The van der Waals surface area contributed by atoms with Gasteiger partial charge in [-0.25, -0.2) is 0 Å². The van der Waals surface area contributed by atoms with Crippen molar-refractivity contribution in [3.63, 3.8) is 0 Å². The number of nitrogens with zero attached hydrogens (tertiary/aromatic N) is 3. The Labute approximate surface area is 183 Å². The van der Waals surface area contributed by atoms with Gasteiger partial charge in [-0.05, 0) is 61.9 Å². The number of rotatable bonds is 5. The van der Waals surface area contributed by atoms with Crippen LogP contribution in [-0.2, 0) is 4.79 Å². The predicted molar refractivity (Wildman–Crippen MR) is 119 cm³/mol. The van der Waals surface area contributed by atoms with Gasteiger partial charge in [-0.3, -0.25) is 4.79 Å². The number of halogens is 2. The zero-order valence-electron chi connectivity index (χ0n) is 16.3. The number of nitrogens with one attached hydrogen (secondary N) is 1. The molecule has 3 aromatic carbocycles. The van der Waals surface area contributed by atoms with E-state index in [2.05, 4.69) is 15.5 Å². The van der Waals surface area contributed by atoms with Gasteiger partial charge in [0, 0.05) is 10.7 Å². The lowest BCUT2D eigenvalue weighted by atomic mass is 10.1. The highest BCUT2D eigenvalue weighted by Gasteiger charge is 2.12. The van der Waals surface area contributed by atoms with E-state index < -0.39 is 0 Å². The predicted octanol–water partition coefficient (Wildman–Crippen LogP) is 5.36. The molecule has 4 rings (SSSR count). The van der Waals surface area contributed by atoms with E-state index in [4.69, 9.17) is 27.9 Å². The monoisotopic (exact) mass is 440 g/mol. The summed E-state index contributed by atoms with van der Waals surface area (Å²) in [7, 11) is 0. The van der Waals surface area contributed by atoms with Crippen LogP contribution in [0, 0.1) is 13.8 Å². The van der Waals surface area contributed by atoms with Gasteiger partial charge in [0.2, 0.25) is 0 Å². The number of ether oxygens (including phenoxy) is 1. The van der Waals surface area contributed by atoms with Crippen molar-refractivity contribution in [2.75, 3.05) is 11.9 Å². The quantitative estimate of drug-likeness (QED) is 0.453. The van der Waals surface area contributed by atoms with Crippen molar-refractivity contribution in [2.45, 2.75) is 13.8 Å². The summed E-state index contributed by atoms with van der Waals surface area (Å²) in [4.78, 5) is 13.9. The second kappa shape index (κ2) is 8.34. The minimum Gasteiger partial charge on any atom is -0.482 e. The molecule has 152 valence electrons. The van der Waals surface area contributed by atoms with E-state index >= 15 is 0 Å². The van der Waals surface area contributed by atoms with E-state index in [1.54, 1.807) is 29.1 Å². The summed E-state index contributed by atoms with van der Waals surface area (Å²) in [6.07, 6.45) is 0. The first-order chi connectivity index (χ1) is 14.4. The molecule has 8 heteroatoms. The van der Waals surface area contributed by atoms with Crippen LogP contribution in [0.2, 0.25) is 10.0 Å². The molecule has 0 saturated heterocycles. The smallest absolute Gasteiger partial charge is 0.262 e. The Bertz CT molecular complexity index is 1240. The summed E-state index contributed by atoms with van der Waals surface area (Å²) in [5, 5.41) is 12.8. The average Bonchev–Trinajstić information content (AvgIpc) is 3.10. The summed E-state index contributed by atoms with van der Waals surface area (Å²) in [6, 6.07) is 16.5. The number of amides is 1. The molecule has 0 aliphatic rings. The molecule has 0 radical (unpaired) electrons. The largest absolute Gasteiger partial charge is 0.482 e. The minimum atomic E-state index is -0.311. The van der Waals surface area contributed by atoms with Crippen LogP contribution in [0.25, 0.3) is 16.7 Å². The van der Waals surface area contributed by atoms with Gasteiger partial charge in [-0.2, -0.15) is 4.80 Å². The lowest BCUT2D eigenvalue weighted by molar-refractivity contribution is -0.118. The van der Waals surface area contributed by atoms with Crippen LogP contribution in [-0.4, -0.2) is 27.5 Å². The minimum absolute atomic E-state index is 0.186. The Morgan fingerprint density at radius 2 is 1.70 bits per heavy atom. The Hall–Kier alpha value is -3.09. The van der Waals surface area contributed by atoms with Crippen LogP contribution >= 0.6 is 23.2 Å². The molecule has 1 amide bonds. The van der Waals surface area contributed by atoms with Crippen LogP contribution in [0.15, 0.2) is 54.6 Å². The standard InChI is InChI=1S/C22H18Cl2N4O2/c1-13-3-6-16(7-4-13)28-26-19-9-14(2)18(11-20(19)27-28)25-22(29)12-30-21-8-5-15(23)10-17(21)24/h3-11H,12H2,1-2H3,(H,25,29). The molecule has 0 fully saturated rings. The molecule has 30 heavy (non-hydrogen) atoms. The van der Waals surface area contributed by atoms with E-state index in [9.17, 15) is 4.79 Å². The molecular formula is C22H18Cl2N4O2. The molecular weight excluding hydrogens is 423 g/mol. The Morgan fingerprint density at radius 1 is 1.00 bits per heavy atom. The summed E-state index contributed by atoms with van der Waals surface area (Å²) >= 11 is 11.9. The highest BCUT2D eigenvalue weighted by Crippen LogP contribution is 2.27. The van der Waals surface area contributed by atoms with E-state index in [1.165, 1.54) is 5.56 Å². The number of hydrogen-bond acceptors (Lipinski definition) is 4. The molecule has 1 aromatic heterocycles. The van der Waals surface area contributed by atoms with Crippen molar-refractivity contribution in [1.82, 2.24) is 15.0 Å². The Morgan fingerprint density at radius 3 is 2.40 bits per heavy atom. The van der Waals surface area contributed by atoms with E-state index in [-0.39, 0.29) is 12.5 Å². The number of aryl methyl sites for hydroxylation is 2. The van der Waals surface area contributed by atoms with Gasteiger partial charge < -0.3 is 10.1 Å². The van der Waals surface area contributed by atoms with Crippen LogP contribution < -0.4 is 10.1 Å².